The highest BCUT2D eigenvalue weighted by Gasteiger charge is 2.42. The molecule has 1 saturated heterocycles. The number of halogens is 1. The van der Waals surface area contributed by atoms with Crippen molar-refractivity contribution in [2.75, 3.05) is 13.1 Å². The average molecular weight is 293 g/mol. The van der Waals surface area contributed by atoms with Crippen molar-refractivity contribution in [3.63, 3.8) is 0 Å². The molecule has 21 heavy (non-hydrogen) atoms. The molecule has 0 aromatic heterocycles. The minimum absolute atomic E-state index is 0.0655. The molecule has 2 rings (SSSR count). The van der Waals surface area contributed by atoms with E-state index in [1.54, 1.807) is 30.9 Å². The minimum Gasteiger partial charge on any atom is -0.481 e. The number of benzene rings is 1. The van der Waals surface area contributed by atoms with Gasteiger partial charge in [0.05, 0.1) is 5.41 Å². The molecule has 2 atom stereocenters. The predicted molar refractivity (Wildman–Crippen MR) is 76.2 cm³/mol. The van der Waals surface area contributed by atoms with E-state index >= 15 is 0 Å². The summed E-state index contributed by atoms with van der Waals surface area (Å²) in [6, 6.07) is 6.21. The molecule has 1 N–H and O–H groups in total. The summed E-state index contributed by atoms with van der Waals surface area (Å²) in [6.07, 6.45) is 0.928. The molecule has 0 bridgehead atoms. The second kappa shape index (κ2) is 5.84. The number of likely N-dealkylation sites (tertiary alicyclic amines) is 1. The molecule has 114 valence electrons. The Kier molecular flexibility index (Phi) is 4.30. The second-order valence-electron chi connectivity index (χ2n) is 6.11. The Hall–Kier alpha value is -1.91. The first-order valence-corrected chi connectivity index (χ1v) is 7.08. The van der Waals surface area contributed by atoms with Crippen LogP contribution in [0.2, 0.25) is 0 Å². The highest BCUT2D eigenvalue weighted by Crippen LogP contribution is 2.31. The number of carboxylic acids is 1. The third-order valence-electron chi connectivity index (χ3n) is 4.15. The van der Waals surface area contributed by atoms with Gasteiger partial charge in [-0.3, -0.25) is 9.59 Å². The van der Waals surface area contributed by atoms with Crippen LogP contribution < -0.4 is 0 Å². The molecule has 1 amide bonds. The fraction of sp³-hybridized carbons (Fsp3) is 0.500. The van der Waals surface area contributed by atoms with Gasteiger partial charge in [0.15, 0.2) is 0 Å². The molecule has 1 heterocycles. The Morgan fingerprint density at radius 1 is 1.48 bits per heavy atom. The van der Waals surface area contributed by atoms with Crippen molar-refractivity contribution in [1.29, 1.82) is 0 Å². The van der Waals surface area contributed by atoms with Crippen molar-refractivity contribution in [1.82, 2.24) is 4.90 Å². The molecule has 0 spiro atoms. The van der Waals surface area contributed by atoms with Gasteiger partial charge in [0, 0.05) is 19.0 Å². The molecular weight excluding hydrogens is 273 g/mol. The molecule has 1 aliphatic rings. The zero-order chi connectivity index (χ0) is 15.6. The fourth-order valence-corrected chi connectivity index (χ4v) is 2.74. The molecule has 0 radical (unpaired) electrons. The lowest BCUT2D eigenvalue weighted by Gasteiger charge is -2.23. The van der Waals surface area contributed by atoms with Crippen LogP contribution in [0.25, 0.3) is 0 Å². The van der Waals surface area contributed by atoms with Gasteiger partial charge in [0.2, 0.25) is 5.91 Å². The van der Waals surface area contributed by atoms with Crippen molar-refractivity contribution < 1.29 is 19.1 Å². The Bertz CT molecular complexity index is 560. The molecule has 0 saturated carbocycles. The monoisotopic (exact) mass is 293 g/mol. The summed E-state index contributed by atoms with van der Waals surface area (Å²) in [4.78, 5) is 25.2. The van der Waals surface area contributed by atoms with Gasteiger partial charge in [0.1, 0.15) is 5.82 Å². The number of amides is 1. The van der Waals surface area contributed by atoms with Crippen LogP contribution in [-0.4, -0.2) is 35.0 Å². The summed E-state index contributed by atoms with van der Waals surface area (Å²) in [5, 5.41) is 9.20. The first-order chi connectivity index (χ1) is 9.82. The number of hydrogen-bond acceptors (Lipinski definition) is 2. The standard InChI is InChI=1S/C16H20FNO3/c1-11(8-12-4-3-5-13(17)9-12)14(19)18-7-6-16(2,10-18)15(20)21/h3-5,9,11H,6-8,10H2,1-2H3,(H,20,21). The van der Waals surface area contributed by atoms with Crippen LogP contribution in [0, 0.1) is 17.2 Å². The molecule has 2 unspecified atom stereocenters. The lowest BCUT2D eigenvalue weighted by molar-refractivity contribution is -0.147. The first-order valence-electron chi connectivity index (χ1n) is 7.08. The van der Waals surface area contributed by atoms with Gasteiger partial charge in [-0.15, -0.1) is 0 Å². The lowest BCUT2D eigenvalue weighted by Crippen LogP contribution is -2.37. The number of carbonyl (C=O) groups is 2. The first kappa shape index (κ1) is 15.5. The smallest absolute Gasteiger partial charge is 0.311 e. The third kappa shape index (κ3) is 3.40. The quantitative estimate of drug-likeness (QED) is 0.927. The van der Waals surface area contributed by atoms with E-state index in [0.29, 0.717) is 19.4 Å². The van der Waals surface area contributed by atoms with E-state index in [9.17, 15) is 19.1 Å². The SMILES string of the molecule is CC(Cc1cccc(F)c1)C(=O)N1CCC(C)(C(=O)O)C1. The maximum Gasteiger partial charge on any atom is 0.311 e. The molecule has 5 heteroatoms. The van der Waals surface area contributed by atoms with E-state index in [4.69, 9.17) is 0 Å². The molecule has 4 nitrogen and oxygen atoms in total. The van der Waals surface area contributed by atoms with E-state index in [0.717, 1.165) is 5.56 Å². The van der Waals surface area contributed by atoms with E-state index in [-0.39, 0.29) is 24.2 Å². The summed E-state index contributed by atoms with van der Waals surface area (Å²) < 4.78 is 13.1. The minimum atomic E-state index is -0.865. The van der Waals surface area contributed by atoms with Crippen molar-refractivity contribution >= 4 is 11.9 Å². The number of carbonyl (C=O) groups excluding carboxylic acids is 1. The Morgan fingerprint density at radius 3 is 2.76 bits per heavy atom. The van der Waals surface area contributed by atoms with Crippen LogP contribution in [0.1, 0.15) is 25.8 Å². The van der Waals surface area contributed by atoms with Gasteiger partial charge in [0.25, 0.3) is 0 Å². The highest BCUT2D eigenvalue weighted by atomic mass is 19.1. The second-order valence-corrected chi connectivity index (χ2v) is 6.11. The molecule has 0 aliphatic carbocycles. The van der Waals surface area contributed by atoms with Gasteiger partial charge < -0.3 is 10.0 Å². The van der Waals surface area contributed by atoms with Gasteiger partial charge >= 0.3 is 5.97 Å². The van der Waals surface area contributed by atoms with Gasteiger partial charge in [-0.2, -0.15) is 0 Å². The van der Waals surface area contributed by atoms with E-state index in [2.05, 4.69) is 0 Å². The van der Waals surface area contributed by atoms with E-state index in [1.807, 2.05) is 0 Å². The topological polar surface area (TPSA) is 57.6 Å². The van der Waals surface area contributed by atoms with Crippen LogP contribution in [0.3, 0.4) is 0 Å². The van der Waals surface area contributed by atoms with Gasteiger partial charge in [-0.05, 0) is 37.5 Å². The lowest BCUT2D eigenvalue weighted by atomic mass is 9.90. The fourth-order valence-electron chi connectivity index (χ4n) is 2.74. The zero-order valence-corrected chi connectivity index (χ0v) is 12.3. The van der Waals surface area contributed by atoms with Crippen LogP contribution >= 0.6 is 0 Å². The summed E-state index contributed by atoms with van der Waals surface area (Å²) in [6.45, 7) is 4.17. The third-order valence-corrected chi connectivity index (χ3v) is 4.15. The van der Waals surface area contributed by atoms with Gasteiger partial charge in [-0.25, -0.2) is 4.39 Å². The molecule has 1 aromatic carbocycles. The Balaban J connectivity index is 1.99. The van der Waals surface area contributed by atoms with Crippen LogP contribution in [0.5, 0.6) is 0 Å². The van der Waals surface area contributed by atoms with Crippen LogP contribution in [0.15, 0.2) is 24.3 Å². The molecular formula is C16H20FNO3. The summed E-state index contributed by atoms with van der Waals surface area (Å²) in [5.41, 5.74) is -0.0788. The van der Waals surface area contributed by atoms with Crippen molar-refractivity contribution in [3.05, 3.63) is 35.6 Å². The zero-order valence-electron chi connectivity index (χ0n) is 12.3. The Morgan fingerprint density at radius 2 is 2.19 bits per heavy atom. The molecule has 1 aliphatic heterocycles. The van der Waals surface area contributed by atoms with Crippen molar-refractivity contribution in [2.24, 2.45) is 11.3 Å². The van der Waals surface area contributed by atoms with E-state index in [1.165, 1.54) is 12.1 Å². The number of nitrogens with zero attached hydrogens (tertiary/aromatic N) is 1. The Labute approximate surface area is 123 Å². The van der Waals surface area contributed by atoms with E-state index < -0.39 is 11.4 Å². The summed E-state index contributed by atoms with van der Waals surface area (Å²) in [7, 11) is 0. The van der Waals surface area contributed by atoms with Crippen LogP contribution in [0.4, 0.5) is 4.39 Å². The highest BCUT2D eigenvalue weighted by molar-refractivity contribution is 5.82. The predicted octanol–water partition coefficient (Wildman–Crippen LogP) is 2.33. The number of rotatable bonds is 4. The maximum absolute atomic E-state index is 13.1. The van der Waals surface area contributed by atoms with Crippen molar-refractivity contribution in [3.8, 4) is 0 Å². The van der Waals surface area contributed by atoms with Crippen LogP contribution in [-0.2, 0) is 16.0 Å². The number of hydrogen-bond donors (Lipinski definition) is 1. The van der Waals surface area contributed by atoms with Gasteiger partial charge in [-0.1, -0.05) is 19.1 Å². The number of carboxylic acid groups (broad SMARTS) is 1. The normalized spacial score (nSPS) is 23.1. The average Bonchev–Trinajstić information content (AvgIpc) is 2.82. The summed E-state index contributed by atoms with van der Waals surface area (Å²) >= 11 is 0. The molecule has 1 fully saturated rings. The molecule has 1 aromatic rings. The number of aliphatic carboxylic acids is 1. The maximum atomic E-state index is 13.1. The van der Waals surface area contributed by atoms with Crippen molar-refractivity contribution in [2.45, 2.75) is 26.7 Å². The largest absolute Gasteiger partial charge is 0.481 e. The summed E-state index contributed by atoms with van der Waals surface area (Å²) in [5.74, 6) is -1.53.